The average molecular weight is 310 g/mol. The first-order valence-electron chi connectivity index (χ1n) is 5.38. The van der Waals surface area contributed by atoms with E-state index < -0.39 is 0 Å². The van der Waals surface area contributed by atoms with Gasteiger partial charge in [-0.05, 0) is 29.6 Å². The zero-order valence-corrected chi connectivity index (χ0v) is 11.9. The molecular weight excluding hydrogens is 302 g/mol. The Labute approximate surface area is 122 Å². The summed E-state index contributed by atoms with van der Waals surface area (Å²) in [4.78, 5) is 16.7. The van der Waals surface area contributed by atoms with Gasteiger partial charge in [-0.15, -0.1) is 11.3 Å². The van der Waals surface area contributed by atoms with Crippen molar-refractivity contribution < 1.29 is 4.79 Å². The van der Waals surface area contributed by atoms with E-state index in [0.29, 0.717) is 15.0 Å². The minimum atomic E-state index is -0.174. The Hall–Kier alpha value is -1.63. The van der Waals surface area contributed by atoms with Gasteiger partial charge in [-0.2, -0.15) is 0 Å². The number of halogens is 1. The highest BCUT2D eigenvalue weighted by molar-refractivity contribution is 7.22. The smallest absolute Gasteiger partial charge is 0.273 e. The highest BCUT2D eigenvalue weighted by Crippen LogP contribution is 2.27. The Morgan fingerprint density at radius 3 is 3.00 bits per heavy atom. The highest BCUT2D eigenvalue weighted by Gasteiger charge is 2.08. The fourth-order valence-electron chi connectivity index (χ4n) is 1.53. The summed E-state index contributed by atoms with van der Waals surface area (Å²) in [5, 5.41) is 3.15. The van der Waals surface area contributed by atoms with Crippen LogP contribution in [0.5, 0.6) is 0 Å². The first-order chi connectivity index (χ1) is 9.22. The van der Waals surface area contributed by atoms with Crippen molar-refractivity contribution in [3.63, 3.8) is 0 Å². The normalized spacial score (nSPS) is 10.6. The van der Waals surface area contributed by atoms with E-state index in [1.807, 2.05) is 23.6 Å². The Bertz CT molecular complexity index is 724. The highest BCUT2D eigenvalue weighted by atomic mass is 35.5. The molecular formula is C12H8ClN3OS2. The fraction of sp³-hybridized carbons (Fsp3) is 0. The number of aromatic nitrogens is 1. The van der Waals surface area contributed by atoms with E-state index in [2.05, 4.69) is 15.8 Å². The molecule has 19 heavy (non-hydrogen) atoms. The number of hydrogen-bond acceptors (Lipinski definition) is 5. The van der Waals surface area contributed by atoms with Gasteiger partial charge in [0, 0.05) is 5.02 Å². The zero-order valence-electron chi connectivity index (χ0n) is 9.51. The van der Waals surface area contributed by atoms with Crippen molar-refractivity contribution >= 4 is 55.5 Å². The van der Waals surface area contributed by atoms with Crippen LogP contribution in [0.1, 0.15) is 9.67 Å². The standard InChI is InChI=1S/C12H8ClN3OS2/c13-7-3-4-8-10(6-7)19-12(14-8)16-15-11(17)9-2-1-5-18-9/h1-6H,(H,14,16)(H,15,17). The molecule has 0 radical (unpaired) electrons. The van der Waals surface area contributed by atoms with Crippen LogP contribution in [0.2, 0.25) is 5.02 Å². The molecule has 0 aliphatic rings. The molecule has 1 amide bonds. The number of nitrogens with one attached hydrogen (secondary N) is 2. The van der Waals surface area contributed by atoms with E-state index in [9.17, 15) is 4.79 Å². The van der Waals surface area contributed by atoms with Crippen LogP contribution in [0, 0.1) is 0 Å². The fourth-order valence-corrected chi connectivity index (χ4v) is 3.25. The van der Waals surface area contributed by atoms with Gasteiger partial charge >= 0.3 is 0 Å². The monoisotopic (exact) mass is 309 g/mol. The second-order valence-corrected chi connectivity index (χ2v) is 6.10. The molecule has 0 fully saturated rings. The first kappa shape index (κ1) is 12.4. The number of thiazole rings is 1. The third-order valence-corrected chi connectivity index (χ3v) is 4.42. The third kappa shape index (κ3) is 2.70. The predicted molar refractivity (Wildman–Crippen MR) is 80.0 cm³/mol. The quantitative estimate of drug-likeness (QED) is 0.724. The molecule has 2 aromatic heterocycles. The van der Waals surface area contributed by atoms with Crippen LogP contribution in [0.4, 0.5) is 5.13 Å². The molecule has 0 spiro atoms. The van der Waals surface area contributed by atoms with Gasteiger partial charge < -0.3 is 0 Å². The topological polar surface area (TPSA) is 54.0 Å². The van der Waals surface area contributed by atoms with Crippen molar-refractivity contribution in [1.82, 2.24) is 10.4 Å². The Balaban J connectivity index is 1.73. The number of thiophene rings is 1. The molecule has 4 nitrogen and oxygen atoms in total. The number of carbonyl (C=O) groups excluding carboxylic acids is 1. The molecule has 0 unspecified atom stereocenters. The summed E-state index contributed by atoms with van der Waals surface area (Å²) >= 11 is 8.73. The molecule has 2 N–H and O–H groups in total. The summed E-state index contributed by atoms with van der Waals surface area (Å²) in [5.74, 6) is -0.174. The van der Waals surface area contributed by atoms with Crippen molar-refractivity contribution in [2.75, 3.05) is 5.43 Å². The molecule has 7 heteroatoms. The molecule has 96 valence electrons. The van der Waals surface area contributed by atoms with E-state index in [0.717, 1.165) is 10.2 Å². The molecule has 0 saturated heterocycles. The second-order valence-electron chi connectivity index (χ2n) is 3.69. The summed E-state index contributed by atoms with van der Waals surface area (Å²) < 4.78 is 0.973. The lowest BCUT2D eigenvalue weighted by Gasteiger charge is -2.02. The van der Waals surface area contributed by atoms with Crippen molar-refractivity contribution in [1.29, 1.82) is 0 Å². The minimum absolute atomic E-state index is 0.174. The van der Waals surface area contributed by atoms with E-state index in [1.165, 1.54) is 22.7 Å². The van der Waals surface area contributed by atoms with Crippen LogP contribution in [0.25, 0.3) is 10.2 Å². The summed E-state index contributed by atoms with van der Waals surface area (Å²) in [6.45, 7) is 0. The van der Waals surface area contributed by atoms with Crippen LogP contribution < -0.4 is 10.9 Å². The summed E-state index contributed by atoms with van der Waals surface area (Å²) in [6.07, 6.45) is 0. The van der Waals surface area contributed by atoms with Gasteiger partial charge in [0.2, 0.25) is 5.13 Å². The van der Waals surface area contributed by atoms with Crippen LogP contribution in [0.3, 0.4) is 0 Å². The molecule has 0 atom stereocenters. The number of hydrogen-bond donors (Lipinski definition) is 2. The SMILES string of the molecule is O=C(NNc1nc2ccc(Cl)cc2s1)c1cccs1. The Kier molecular flexibility index (Phi) is 3.37. The van der Waals surface area contributed by atoms with Gasteiger partial charge in [0.25, 0.3) is 5.91 Å². The maximum Gasteiger partial charge on any atom is 0.279 e. The van der Waals surface area contributed by atoms with E-state index in [1.54, 1.807) is 12.1 Å². The van der Waals surface area contributed by atoms with Gasteiger partial charge in [0.15, 0.2) is 0 Å². The summed E-state index contributed by atoms with van der Waals surface area (Å²) in [6, 6.07) is 9.08. The predicted octanol–water partition coefficient (Wildman–Crippen LogP) is 3.77. The number of amides is 1. The van der Waals surface area contributed by atoms with Crippen LogP contribution >= 0.6 is 34.3 Å². The molecule has 0 aliphatic heterocycles. The first-order valence-corrected chi connectivity index (χ1v) is 7.46. The number of anilines is 1. The molecule has 2 heterocycles. The van der Waals surface area contributed by atoms with E-state index >= 15 is 0 Å². The number of hydrazine groups is 1. The maximum absolute atomic E-state index is 11.7. The lowest BCUT2D eigenvalue weighted by Crippen LogP contribution is -2.28. The van der Waals surface area contributed by atoms with Crippen molar-refractivity contribution in [2.45, 2.75) is 0 Å². The maximum atomic E-state index is 11.7. The van der Waals surface area contributed by atoms with Crippen molar-refractivity contribution in [3.05, 3.63) is 45.6 Å². The van der Waals surface area contributed by atoms with Crippen LogP contribution in [-0.4, -0.2) is 10.9 Å². The van der Waals surface area contributed by atoms with Gasteiger partial charge in [-0.3, -0.25) is 15.6 Å². The molecule has 0 bridgehead atoms. The average Bonchev–Trinajstić information content (AvgIpc) is 3.04. The zero-order chi connectivity index (χ0) is 13.2. The largest absolute Gasteiger partial charge is 0.279 e. The third-order valence-electron chi connectivity index (χ3n) is 2.38. The molecule has 3 aromatic rings. The van der Waals surface area contributed by atoms with E-state index in [4.69, 9.17) is 11.6 Å². The lowest BCUT2D eigenvalue weighted by molar-refractivity contribution is 0.0966. The number of rotatable bonds is 3. The van der Waals surface area contributed by atoms with Crippen molar-refractivity contribution in [3.8, 4) is 0 Å². The lowest BCUT2D eigenvalue weighted by atomic mass is 10.3. The number of fused-ring (bicyclic) bond motifs is 1. The minimum Gasteiger partial charge on any atom is -0.273 e. The van der Waals surface area contributed by atoms with Crippen LogP contribution in [0.15, 0.2) is 35.7 Å². The van der Waals surface area contributed by atoms with Gasteiger partial charge in [0.1, 0.15) is 0 Å². The number of benzene rings is 1. The Morgan fingerprint density at radius 2 is 2.21 bits per heavy atom. The summed E-state index contributed by atoms with van der Waals surface area (Å²) in [5.41, 5.74) is 6.28. The molecule has 0 saturated carbocycles. The Morgan fingerprint density at radius 1 is 1.32 bits per heavy atom. The molecule has 3 rings (SSSR count). The van der Waals surface area contributed by atoms with Crippen LogP contribution in [-0.2, 0) is 0 Å². The second kappa shape index (κ2) is 5.16. The number of nitrogens with zero attached hydrogens (tertiary/aromatic N) is 1. The molecule has 1 aromatic carbocycles. The molecule has 0 aliphatic carbocycles. The van der Waals surface area contributed by atoms with Gasteiger partial charge in [0.05, 0.1) is 15.1 Å². The van der Waals surface area contributed by atoms with E-state index in [-0.39, 0.29) is 5.91 Å². The van der Waals surface area contributed by atoms with Gasteiger partial charge in [-0.25, -0.2) is 4.98 Å². The van der Waals surface area contributed by atoms with Gasteiger partial charge in [-0.1, -0.05) is 29.0 Å². The summed E-state index contributed by atoms with van der Waals surface area (Å²) in [7, 11) is 0. The van der Waals surface area contributed by atoms with Crippen molar-refractivity contribution in [2.24, 2.45) is 0 Å². The number of carbonyl (C=O) groups is 1.